The summed E-state index contributed by atoms with van der Waals surface area (Å²) in [7, 11) is -3.41. The smallest absolute Gasteiger partial charge is 0.236 e. The van der Waals surface area contributed by atoms with Gasteiger partial charge in [-0.1, -0.05) is 36.4 Å². The van der Waals surface area contributed by atoms with E-state index in [0.717, 1.165) is 16.1 Å². The second-order valence-corrected chi connectivity index (χ2v) is 9.32. The Morgan fingerprint density at radius 3 is 2.57 bits per heavy atom. The van der Waals surface area contributed by atoms with E-state index in [4.69, 9.17) is 4.42 Å². The molecule has 146 valence electrons. The molecule has 4 rings (SSSR count). The SMILES string of the molecule is O=S(=O)(/C=C/c1ccccc1)N1CCN(Cc2coc(-c3cccs3)n2)CC1. The summed E-state index contributed by atoms with van der Waals surface area (Å²) >= 11 is 1.59. The van der Waals surface area contributed by atoms with Crippen LogP contribution in [0.5, 0.6) is 0 Å². The Morgan fingerprint density at radius 1 is 1.07 bits per heavy atom. The minimum Gasteiger partial charge on any atom is -0.444 e. The van der Waals surface area contributed by atoms with Crippen LogP contribution in [0.3, 0.4) is 0 Å². The van der Waals surface area contributed by atoms with Gasteiger partial charge in [-0.2, -0.15) is 4.31 Å². The zero-order valence-electron chi connectivity index (χ0n) is 15.3. The van der Waals surface area contributed by atoms with Gasteiger partial charge in [0.2, 0.25) is 15.9 Å². The molecule has 8 heteroatoms. The quantitative estimate of drug-likeness (QED) is 0.616. The number of hydrogen-bond donors (Lipinski definition) is 0. The van der Waals surface area contributed by atoms with Crippen molar-refractivity contribution < 1.29 is 12.8 Å². The Kier molecular flexibility index (Phi) is 5.72. The summed E-state index contributed by atoms with van der Waals surface area (Å²) in [6.07, 6.45) is 3.32. The lowest BCUT2D eigenvalue weighted by molar-refractivity contribution is 0.181. The molecule has 1 aliphatic rings. The first-order valence-corrected chi connectivity index (χ1v) is 11.4. The number of rotatable bonds is 6. The molecule has 6 nitrogen and oxygen atoms in total. The van der Waals surface area contributed by atoms with Gasteiger partial charge in [0.1, 0.15) is 6.26 Å². The Balaban J connectivity index is 1.32. The molecule has 0 saturated carbocycles. The van der Waals surface area contributed by atoms with Crippen LogP contribution in [0.4, 0.5) is 0 Å². The van der Waals surface area contributed by atoms with Crippen molar-refractivity contribution in [3.05, 3.63) is 70.8 Å². The molecule has 0 N–H and O–H groups in total. The van der Waals surface area contributed by atoms with E-state index in [1.807, 2.05) is 47.8 Å². The van der Waals surface area contributed by atoms with E-state index in [0.29, 0.717) is 38.6 Å². The number of oxazole rings is 1. The minimum absolute atomic E-state index is 0.469. The highest BCUT2D eigenvalue weighted by atomic mass is 32.2. The van der Waals surface area contributed by atoms with Crippen LogP contribution < -0.4 is 0 Å². The van der Waals surface area contributed by atoms with Crippen LogP contribution in [0.15, 0.2) is 63.9 Å². The summed E-state index contributed by atoms with van der Waals surface area (Å²) in [5.41, 5.74) is 1.74. The van der Waals surface area contributed by atoms with Crippen molar-refractivity contribution in [2.24, 2.45) is 0 Å². The van der Waals surface area contributed by atoms with Gasteiger partial charge in [-0.25, -0.2) is 13.4 Å². The Hall–Kier alpha value is -2.26. The third kappa shape index (κ3) is 4.59. The maximum absolute atomic E-state index is 12.6. The largest absolute Gasteiger partial charge is 0.444 e. The van der Waals surface area contributed by atoms with Gasteiger partial charge in [-0.05, 0) is 23.1 Å². The molecule has 2 aromatic heterocycles. The van der Waals surface area contributed by atoms with Crippen molar-refractivity contribution in [1.29, 1.82) is 0 Å². The van der Waals surface area contributed by atoms with Crippen LogP contribution in [-0.4, -0.2) is 48.8 Å². The molecule has 0 bridgehead atoms. The van der Waals surface area contributed by atoms with Gasteiger partial charge in [-0.15, -0.1) is 11.3 Å². The molecule has 1 aliphatic heterocycles. The number of hydrogen-bond acceptors (Lipinski definition) is 6. The van der Waals surface area contributed by atoms with Gasteiger partial charge in [0.25, 0.3) is 0 Å². The first-order valence-electron chi connectivity index (χ1n) is 9.04. The van der Waals surface area contributed by atoms with Crippen LogP contribution >= 0.6 is 11.3 Å². The summed E-state index contributed by atoms with van der Waals surface area (Å²) in [4.78, 5) is 7.74. The molecule has 0 aliphatic carbocycles. The Bertz CT molecular complexity index is 1020. The van der Waals surface area contributed by atoms with Crippen LogP contribution in [0.1, 0.15) is 11.3 Å². The molecular weight excluding hydrogens is 394 g/mol. The molecule has 0 radical (unpaired) electrons. The van der Waals surface area contributed by atoms with Gasteiger partial charge in [0.05, 0.1) is 10.6 Å². The van der Waals surface area contributed by atoms with E-state index in [1.165, 1.54) is 9.71 Å². The standard InChI is InChI=1S/C20H21N3O3S2/c24-28(25,14-8-17-5-2-1-3-6-17)23-11-9-22(10-12-23)15-18-16-26-20(21-18)19-7-4-13-27-19/h1-8,13-14,16H,9-12,15H2/b14-8+. The highest BCUT2D eigenvalue weighted by Gasteiger charge is 2.25. The number of aromatic nitrogens is 1. The molecule has 0 amide bonds. The van der Waals surface area contributed by atoms with E-state index >= 15 is 0 Å². The lowest BCUT2D eigenvalue weighted by Gasteiger charge is -2.32. The third-order valence-corrected chi connectivity index (χ3v) is 7.02. The van der Waals surface area contributed by atoms with Crippen molar-refractivity contribution in [2.45, 2.75) is 6.54 Å². The monoisotopic (exact) mass is 415 g/mol. The highest BCUT2D eigenvalue weighted by Crippen LogP contribution is 2.24. The fourth-order valence-corrected chi connectivity index (χ4v) is 4.91. The average molecular weight is 416 g/mol. The number of thiophene rings is 1. The van der Waals surface area contributed by atoms with Crippen molar-refractivity contribution in [2.75, 3.05) is 26.2 Å². The van der Waals surface area contributed by atoms with Crippen LogP contribution in [0, 0.1) is 0 Å². The molecule has 1 fully saturated rings. The second-order valence-electron chi connectivity index (χ2n) is 6.55. The van der Waals surface area contributed by atoms with E-state index in [9.17, 15) is 8.42 Å². The summed E-state index contributed by atoms with van der Waals surface area (Å²) in [5.74, 6) is 0.636. The number of benzene rings is 1. The topological polar surface area (TPSA) is 66.7 Å². The summed E-state index contributed by atoms with van der Waals surface area (Å²) < 4.78 is 32.2. The van der Waals surface area contributed by atoms with Gasteiger partial charge in [-0.3, -0.25) is 4.90 Å². The molecule has 3 aromatic rings. The van der Waals surface area contributed by atoms with Gasteiger partial charge < -0.3 is 4.42 Å². The zero-order chi connectivity index (χ0) is 19.4. The van der Waals surface area contributed by atoms with Crippen molar-refractivity contribution in [3.8, 4) is 10.8 Å². The van der Waals surface area contributed by atoms with E-state index in [2.05, 4.69) is 9.88 Å². The minimum atomic E-state index is -3.41. The molecule has 0 atom stereocenters. The summed E-state index contributed by atoms with van der Waals surface area (Å²) in [6.45, 7) is 2.93. The maximum Gasteiger partial charge on any atom is 0.236 e. The summed E-state index contributed by atoms with van der Waals surface area (Å²) in [6, 6.07) is 13.4. The fourth-order valence-electron chi connectivity index (χ4n) is 3.08. The van der Waals surface area contributed by atoms with Crippen LogP contribution in [0.2, 0.25) is 0 Å². The number of sulfonamides is 1. The second kappa shape index (κ2) is 8.40. The summed E-state index contributed by atoms with van der Waals surface area (Å²) in [5, 5.41) is 3.29. The van der Waals surface area contributed by atoms with Gasteiger partial charge in [0, 0.05) is 38.1 Å². The molecule has 0 unspecified atom stereocenters. The van der Waals surface area contributed by atoms with E-state index in [-0.39, 0.29) is 0 Å². The molecular formula is C20H21N3O3S2. The molecule has 1 saturated heterocycles. The van der Waals surface area contributed by atoms with Crippen LogP contribution in [0.25, 0.3) is 16.8 Å². The maximum atomic E-state index is 12.6. The number of nitrogens with zero attached hydrogens (tertiary/aromatic N) is 3. The van der Waals surface area contributed by atoms with E-state index < -0.39 is 10.0 Å². The lowest BCUT2D eigenvalue weighted by Crippen LogP contribution is -2.47. The Morgan fingerprint density at radius 2 is 1.86 bits per heavy atom. The fraction of sp³-hybridized carbons (Fsp3) is 0.250. The van der Waals surface area contributed by atoms with E-state index in [1.54, 1.807) is 23.7 Å². The Labute approximate surface area is 168 Å². The molecule has 1 aromatic carbocycles. The van der Waals surface area contributed by atoms with Crippen molar-refractivity contribution in [1.82, 2.24) is 14.2 Å². The predicted octanol–water partition coefficient (Wildman–Crippen LogP) is 3.52. The van der Waals surface area contributed by atoms with Crippen LogP contribution in [-0.2, 0) is 16.6 Å². The van der Waals surface area contributed by atoms with Gasteiger partial charge >= 0.3 is 0 Å². The number of piperazine rings is 1. The average Bonchev–Trinajstić information content (AvgIpc) is 3.40. The van der Waals surface area contributed by atoms with Crippen molar-refractivity contribution >= 4 is 27.4 Å². The first kappa shape index (κ1) is 19.1. The first-order chi connectivity index (χ1) is 13.6. The molecule has 28 heavy (non-hydrogen) atoms. The van der Waals surface area contributed by atoms with Crippen molar-refractivity contribution in [3.63, 3.8) is 0 Å². The predicted molar refractivity (Wildman–Crippen MR) is 111 cm³/mol. The highest BCUT2D eigenvalue weighted by molar-refractivity contribution is 7.92. The zero-order valence-corrected chi connectivity index (χ0v) is 16.9. The molecule has 3 heterocycles. The third-order valence-electron chi connectivity index (χ3n) is 4.59. The molecule has 0 spiro atoms. The lowest BCUT2D eigenvalue weighted by atomic mass is 10.2. The van der Waals surface area contributed by atoms with Gasteiger partial charge in [0.15, 0.2) is 0 Å². The normalized spacial score (nSPS) is 16.7.